The zero-order valence-electron chi connectivity index (χ0n) is 10.2. The number of anilines is 1. The fourth-order valence-electron chi connectivity index (χ4n) is 1.55. The van der Waals surface area contributed by atoms with E-state index in [1.54, 1.807) is 0 Å². The van der Waals surface area contributed by atoms with E-state index in [1.165, 1.54) is 0 Å². The molecule has 0 radical (unpaired) electrons. The lowest BCUT2D eigenvalue weighted by atomic mass is 10.0. The monoisotopic (exact) mass is 324 g/mol. The number of nitrogens with zero attached hydrogens (tertiary/aromatic N) is 1. The molecule has 1 aliphatic rings. The number of halogens is 2. The maximum absolute atomic E-state index is 6.16. The first-order valence-corrected chi connectivity index (χ1v) is 6.89. The maximum Gasteiger partial charge on any atom is 0.131 e. The third-order valence-electron chi connectivity index (χ3n) is 2.89. The van der Waals surface area contributed by atoms with Crippen LogP contribution in [-0.4, -0.2) is 5.84 Å². The lowest BCUT2D eigenvalue weighted by molar-refractivity contribution is 0.858. The van der Waals surface area contributed by atoms with Gasteiger partial charge in [0.15, 0.2) is 0 Å². The van der Waals surface area contributed by atoms with Crippen molar-refractivity contribution >= 4 is 39.1 Å². The van der Waals surface area contributed by atoms with Crippen LogP contribution in [-0.2, 0) is 0 Å². The van der Waals surface area contributed by atoms with Gasteiger partial charge in [0.1, 0.15) is 11.0 Å². The molecule has 2 rings (SSSR count). The van der Waals surface area contributed by atoms with Gasteiger partial charge < -0.3 is 5.32 Å². The summed E-state index contributed by atoms with van der Waals surface area (Å²) in [6, 6.07) is 7.93. The average molecular weight is 326 g/mol. The van der Waals surface area contributed by atoms with Crippen molar-refractivity contribution in [1.29, 1.82) is 0 Å². The van der Waals surface area contributed by atoms with Crippen molar-refractivity contribution in [3.05, 3.63) is 51.6 Å². The van der Waals surface area contributed by atoms with E-state index in [0.717, 1.165) is 21.6 Å². The Labute approximate surface area is 121 Å². The lowest BCUT2D eigenvalue weighted by Crippen LogP contribution is -2.08. The fraction of sp³-hybridized carbons (Fsp3) is 0.214. The molecule has 0 saturated carbocycles. The van der Waals surface area contributed by atoms with Gasteiger partial charge >= 0.3 is 0 Å². The highest BCUT2D eigenvalue weighted by molar-refractivity contribution is 9.10. The van der Waals surface area contributed by atoms with Crippen LogP contribution < -0.4 is 5.32 Å². The Morgan fingerprint density at radius 2 is 1.94 bits per heavy atom. The van der Waals surface area contributed by atoms with E-state index in [-0.39, 0.29) is 0 Å². The normalized spacial score (nSPS) is 19.6. The molecule has 1 N–H and O–H groups in total. The van der Waals surface area contributed by atoms with Crippen molar-refractivity contribution < 1.29 is 0 Å². The van der Waals surface area contributed by atoms with Gasteiger partial charge in [0.05, 0.1) is 0 Å². The molecule has 1 aromatic rings. The summed E-state index contributed by atoms with van der Waals surface area (Å²) in [5, 5.41) is 3.81. The molecular weight excluding hydrogens is 312 g/mol. The maximum atomic E-state index is 6.16. The quantitative estimate of drug-likeness (QED) is 0.727. The highest BCUT2D eigenvalue weighted by atomic mass is 79.9. The summed E-state index contributed by atoms with van der Waals surface area (Å²) < 4.78 is 1.05. The van der Waals surface area contributed by atoms with Crippen molar-refractivity contribution in [3.8, 4) is 0 Å². The minimum Gasteiger partial charge on any atom is -0.340 e. The minimum absolute atomic E-state index is 0.311. The summed E-state index contributed by atoms with van der Waals surface area (Å²) in [6.07, 6.45) is 4.06. The topological polar surface area (TPSA) is 24.4 Å². The SMILES string of the molecule is CC1=C(Cl)N=C(Nc2ccc(Br)cc2)C=CC1C. The second-order valence-corrected chi connectivity index (χ2v) is 5.52. The molecule has 0 saturated heterocycles. The van der Waals surface area contributed by atoms with Crippen LogP contribution in [0.1, 0.15) is 13.8 Å². The molecule has 18 heavy (non-hydrogen) atoms. The molecule has 1 atom stereocenters. The molecule has 2 nitrogen and oxygen atoms in total. The number of aliphatic imine (C=N–C) groups is 1. The van der Waals surface area contributed by atoms with Crippen molar-refractivity contribution in [3.63, 3.8) is 0 Å². The van der Waals surface area contributed by atoms with Crippen molar-refractivity contribution in [2.75, 3.05) is 5.32 Å². The predicted octanol–water partition coefficient (Wildman–Crippen LogP) is 4.94. The molecule has 1 unspecified atom stereocenters. The molecular formula is C14H14BrClN2. The van der Waals surface area contributed by atoms with Crippen LogP contribution in [0, 0.1) is 5.92 Å². The summed E-state index contributed by atoms with van der Waals surface area (Å²) in [5.41, 5.74) is 2.07. The first kappa shape index (κ1) is 13.4. The van der Waals surface area contributed by atoms with Crippen LogP contribution in [0.25, 0.3) is 0 Å². The number of nitrogens with one attached hydrogen (secondary N) is 1. The van der Waals surface area contributed by atoms with E-state index in [0.29, 0.717) is 11.1 Å². The van der Waals surface area contributed by atoms with Gasteiger partial charge in [-0.05, 0) is 48.8 Å². The van der Waals surface area contributed by atoms with Gasteiger partial charge in [-0.2, -0.15) is 0 Å². The molecule has 94 valence electrons. The first-order chi connectivity index (χ1) is 8.56. The molecule has 0 amide bonds. The minimum atomic E-state index is 0.311. The van der Waals surface area contributed by atoms with Crippen LogP contribution in [0.5, 0.6) is 0 Å². The second kappa shape index (κ2) is 5.72. The number of benzene rings is 1. The molecule has 0 aliphatic carbocycles. The Morgan fingerprint density at radius 1 is 1.28 bits per heavy atom. The first-order valence-electron chi connectivity index (χ1n) is 5.72. The summed E-state index contributed by atoms with van der Waals surface area (Å²) in [6.45, 7) is 4.11. The molecule has 0 spiro atoms. The molecule has 0 bridgehead atoms. The van der Waals surface area contributed by atoms with E-state index in [9.17, 15) is 0 Å². The molecule has 1 aromatic carbocycles. The Bertz CT molecular complexity index is 529. The number of hydrogen-bond donors (Lipinski definition) is 1. The van der Waals surface area contributed by atoms with Gasteiger partial charge in [0, 0.05) is 10.2 Å². The third-order valence-corrected chi connectivity index (χ3v) is 3.80. The number of hydrogen-bond acceptors (Lipinski definition) is 2. The van der Waals surface area contributed by atoms with Crippen LogP contribution in [0.15, 0.2) is 56.6 Å². The summed E-state index contributed by atoms with van der Waals surface area (Å²) in [4.78, 5) is 4.38. The highest BCUT2D eigenvalue weighted by Gasteiger charge is 2.10. The largest absolute Gasteiger partial charge is 0.340 e. The number of amidine groups is 1. The zero-order chi connectivity index (χ0) is 13.1. The van der Waals surface area contributed by atoms with Crippen LogP contribution in [0.2, 0.25) is 0 Å². The second-order valence-electron chi connectivity index (χ2n) is 4.25. The Hall–Kier alpha value is -1.06. The number of rotatable bonds is 1. The molecule has 1 heterocycles. The van der Waals surface area contributed by atoms with Gasteiger partial charge in [-0.25, -0.2) is 4.99 Å². The van der Waals surface area contributed by atoms with Crippen LogP contribution >= 0.6 is 27.5 Å². The van der Waals surface area contributed by atoms with E-state index < -0.39 is 0 Å². The molecule has 0 fully saturated rings. The molecule has 0 aromatic heterocycles. The number of allylic oxidation sites excluding steroid dienone is 2. The van der Waals surface area contributed by atoms with Crippen molar-refractivity contribution in [1.82, 2.24) is 0 Å². The van der Waals surface area contributed by atoms with Gasteiger partial charge in [-0.15, -0.1) is 0 Å². The van der Waals surface area contributed by atoms with Gasteiger partial charge in [-0.1, -0.05) is 40.5 Å². The summed E-state index contributed by atoms with van der Waals surface area (Å²) in [7, 11) is 0. The molecule has 4 heteroatoms. The van der Waals surface area contributed by atoms with E-state index in [4.69, 9.17) is 11.6 Å². The average Bonchev–Trinajstić information content (AvgIpc) is 2.47. The van der Waals surface area contributed by atoms with E-state index in [2.05, 4.69) is 39.2 Å². The van der Waals surface area contributed by atoms with Crippen molar-refractivity contribution in [2.45, 2.75) is 13.8 Å². The van der Waals surface area contributed by atoms with Crippen LogP contribution in [0.3, 0.4) is 0 Å². The summed E-state index contributed by atoms with van der Waals surface area (Å²) in [5.74, 6) is 1.07. The van der Waals surface area contributed by atoms with Crippen molar-refractivity contribution in [2.24, 2.45) is 10.9 Å². The smallest absolute Gasteiger partial charge is 0.131 e. The van der Waals surface area contributed by atoms with Gasteiger partial charge in [0.25, 0.3) is 0 Å². The molecule has 1 aliphatic heterocycles. The van der Waals surface area contributed by atoms with Crippen LogP contribution in [0.4, 0.5) is 5.69 Å². The standard InChI is InChI=1S/C14H14BrClN2/c1-9-3-8-13(18-14(16)10(9)2)17-12-6-4-11(15)5-7-12/h3-9H,1-2H3,(H,17,18). The predicted molar refractivity (Wildman–Crippen MR) is 82.1 cm³/mol. The third kappa shape index (κ3) is 3.24. The Morgan fingerprint density at radius 3 is 2.61 bits per heavy atom. The van der Waals surface area contributed by atoms with E-state index in [1.807, 2.05) is 37.3 Å². The Kier molecular flexibility index (Phi) is 4.25. The summed E-state index contributed by atoms with van der Waals surface area (Å²) >= 11 is 9.57. The van der Waals surface area contributed by atoms with E-state index >= 15 is 0 Å². The lowest BCUT2D eigenvalue weighted by Gasteiger charge is -2.05. The van der Waals surface area contributed by atoms with Gasteiger partial charge in [-0.3, -0.25) is 0 Å². The fourth-order valence-corrected chi connectivity index (χ4v) is 2.08. The zero-order valence-corrected chi connectivity index (χ0v) is 12.6. The highest BCUT2D eigenvalue weighted by Crippen LogP contribution is 2.23. The Balaban J connectivity index is 2.22. The van der Waals surface area contributed by atoms with Gasteiger partial charge in [0.2, 0.25) is 0 Å².